The first-order chi connectivity index (χ1) is 37.9. The Balaban J connectivity index is 0.000000218. The molecule has 0 amide bonds. The second kappa shape index (κ2) is 35.1. The van der Waals surface area contributed by atoms with E-state index in [2.05, 4.69) is 156 Å². The Labute approximate surface area is 485 Å². The molecule has 79 heavy (non-hydrogen) atoms. The zero-order valence-corrected chi connectivity index (χ0v) is 53.0. The summed E-state index contributed by atoms with van der Waals surface area (Å²) in [6.45, 7) is 29.2. The largest absolute Gasteiger partial charge is 0.465 e. The van der Waals surface area contributed by atoms with E-state index < -0.39 is 0 Å². The quantitative estimate of drug-likeness (QED) is 0.0456. The van der Waals surface area contributed by atoms with Gasteiger partial charge in [0.1, 0.15) is 17.2 Å². The van der Waals surface area contributed by atoms with E-state index in [9.17, 15) is 0 Å². The van der Waals surface area contributed by atoms with E-state index in [4.69, 9.17) is 33.2 Å². The Morgan fingerprint density at radius 1 is 0.532 bits per heavy atom. The van der Waals surface area contributed by atoms with Crippen LogP contribution in [0.15, 0.2) is 72.8 Å². The number of unbranched alkanes of at least 4 members (excludes halogenated alkanes) is 1. The van der Waals surface area contributed by atoms with Gasteiger partial charge in [-0.05, 0) is 176 Å². The maximum Gasteiger partial charge on any atom is 0.200 e. The van der Waals surface area contributed by atoms with E-state index in [-0.39, 0.29) is 24.5 Å². The van der Waals surface area contributed by atoms with Crippen molar-refractivity contribution in [2.75, 3.05) is 26.9 Å². The summed E-state index contributed by atoms with van der Waals surface area (Å²) in [5.41, 5.74) is 5.14. The van der Waals surface area contributed by atoms with Gasteiger partial charge in [0.25, 0.3) is 0 Å². The summed E-state index contributed by atoms with van der Waals surface area (Å²) in [5, 5.41) is 0. The first-order valence-corrected chi connectivity index (χ1v) is 32.6. The Bertz CT molecular complexity index is 2000. The molecule has 3 aromatic carbocycles. The molecule has 0 N–H and O–H groups in total. The minimum atomic E-state index is -0.193. The smallest absolute Gasteiger partial charge is 0.200 e. The van der Waals surface area contributed by atoms with Gasteiger partial charge in [-0.3, -0.25) is 0 Å². The molecule has 448 valence electrons. The van der Waals surface area contributed by atoms with Crippen molar-refractivity contribution in [3.8, 4) is 17.2 Å². The lowest BCUT2D eigenvalue weighted by Crippen LogP contribution is -2.52. The molecule has 6 atom stereocenters. The van der Waals surface area contributed by atoms with Crippen LogP contribution in [0.1, 0.15) is 284 Å². The summed E-state index contributed by atoms with van der Waals surface area (Å²) in [4.78, 5) is 0. The van der Waals surface area contributed by atoms with Crippen molar-refractivity contribution in [1.82, 2.24) is 0 Å². The topological polar surface area (TPSA) is 64.6 Å². The summed E-state index contributed by atoms with van der Waals surface area (Å²) in [6, 6.07) is 25.8. The first-order valence-electron chi connectivity index (χ1n) is 32.6. The summed E-state index contributed by atoms with van der Waals surface area (Å²) < 4.78 is 42.5. The molecule has 7 nitrogen and oxygen atoms in total. The number of rotatable bonds is 32. The van der Waals surface area contributed by atoms with Crippen molar-refractivity contribution in [2.24, 2.45) is 28.6 Å². The lowest BCUT2D eigenvalue weighted by Gasteiger charge is -2.53. The van der Waals surface area contributed by atoms with Gasteiger partial charge in [0.2, 0.25) is 0 Å². The van der Waals surface area contributed by atoms with Gasteiger partial charge in [-0.25, -0.2) is 0 Å². The maximum absolute atomic E-state index is 6.66. The molecule has 0 aromatic heterocycles. The summed E-state index contributed by atoms with van der Waals surface area (Å²) in [5.74, 6) is 6.95. The van der Waals surface area contributed by atoms with Crippen LogP contribution in [0.5, 0.6) is 17.2 Å². The van der Waals surface area contributed by atoms with E-state index in [1.165, 1.54) is 152 Å². The van der Waals surface area contributed by atoms with E-state index in [1.54, 1.807) is 7.11 Å². The van der Waals surface area contributed by atoms with Crippen LogP contribution in [0.3, 0.4) is 0 Å². The highest BCUT2D eigenvalue weighted by Gasteiger charge is 2.49. The van der Waals surface area contributed by atoms with Crippen molar-refractivity contribution in [3.05, 3.63) is 89.5 Å². The van der Waals surface area contributed by atoms with Gasteiger partial charge < -0.3 is 33.2 Å². The normalized spacial score (nSPS) is 21.3. The second-order valence-electron chi connectivity index (χ2n) is 27.1. The van der Waals surface area contributed by atoms with Crippen LogP contribution < -0.4 is 14.2 Å². The Morgan fingerprint density at radius 3 is 1.48 bits per heavy atom. The fourth-order valence-corrected chi connectivity index (χ4v) is 12.4. The highest BCUT2D eigenvalue weighted by atomic mass is 16.7. The van der Waals surface area contributed by atoms with Crippen LogP contribution in [-0.4, -0.2) is 51.4 Å². The fraction of sp³-hybridized carbons (Fsp3) is 0.750. The standard InChI is InChI=1S/C26H42O2.C24H40O2.C22H36O3/c1-6-20(2)22-12-14-23(15-13-22)27-24(11-7-8-16-25(3,4)5)28-26-17-9-10-21(18-26)19-26;1-5-20(4)22-14-16-23(17-15-22)26-24(25-18-19(2)3)13-9-12-21-10-7-6-8-11-21;1-5-18(2)19-8-10-20(11-9-19)25-21(24-17-16-23-4)12-15-22(3)13-6-7-14-22/h12-15,20-21,24H,6-11,16-19H2,1-5H3;14-17,19-21,24H,5-13,18H2,1-4H3;8-11,18,21H,5-7,12-17H2,1-4H3. The summed E-state index contributed by atoms with van der Waals surface area (Å²) in [7, 11) is 1.70. The molecule has 5 aliphatic carbocycles. The zero-order valence-electron chi connectivity index (χ0n) is 53.0. The van der Waals surface area contributed by atoms with Gasteiger partial charge in [0.15, 0.2) is 18.9 Å². The second-order valence-corrected chi connectivity index (χ2v) is 27.1. The van der Waals surface area contributed by atoms with Gasteiger partial charge in [0, 0.05) is 26.4 Å². The molecule has 5 saturated carbocycles. The van der Waals surface area contributed by atoms with Crippen LogP contribution in [0, 0.1) is 28.6 Å². The van der Waals surface area contributed by atoms with Gasteiger partial charge in [-0.15, -0.1) is 0 Å². The fourth-order valence-electron chi connectivity index (χ4n) is 12.4. The number of ether oxygens (including phenoxy) is 7. The van der Waals surface area contributed by atoms with Gasteiger partial charge in [-0.1, -0.05) is 190 Å². The Hall–Kier alpha value is -3.10. The van der Waals surface area contributed by atoms with E-state index in [0.29, 0.717) is 47.7 Å². The van der Waals surface area contributed by atoms with Crippen molar-refractivity contribution in [2.45, 2.75) is 292 Å². The molecule has 2 bridgehead atoms. The summed E-state index contributed by atoms with van der Waals surface area (Å²) >= 11 is 0. The molecule has 3 aromatic rings. The SMILES string of the molecule is CCC(C)c1ccc(OC(CCC2(C)CCCC2)OCCOC)cc1.CCC(C)c1ccc(OC(CCCC2CCCCC2)OCC(C)C)cc1.CCC(C)c1ccc(OC(CCCCC(C)(C)C)OC23CCCC(C2)C3)cc1. The molecule has 0 spiro atoms. The molecule has 5 aliphatic rings. The number of fused-ring (bicyclic) bond motifs is 2. The molecule has 5 fully saturated rings. The van der Waals surface area contributed by atoms with Crippen molar-refractivity contribution >= 4 is 0 Å². The average Bonchev–Trinajstić information content (AvgIpc) is 3.93. The van der Waals surface area contributed by atoms with Gasteiger partial charge in [-0.2, -0.15) is 0 Å². The van der Waals surface area contributed by atoms with E-state index >= 15 is 0 Å². The molecule has 6 unspecified atom stereocenters. The molecule has 8 rings (SSSR count). The van der Waals surface area contributed by atoms with Crippen LogP contribution in [0.4, 0.5) is 0 Å². The van der Waals surface area contributed by atoms with Crippen molar-refractivity contribution in [1.29, 1.82) is 0 Å². The maximum atomic E-state index is 6.66. The predicted octanol–water partition coefficient (Wildman–Crippen LogP) is 21.1. The average molecular weight is 1100 g/mol. The lowest BCUT2D eigenvalue weighted by molar-refractivity contribution is -0.236. The number of hydrogen-bond donors (Lipinski definition) is 0. The minimum Gasteiger partial charge on any atom is -0.465 e. The van der Waals surface area contributed by atoms with Crippen LogP contribution in [0.2, 0.25) is 0 Å². The van der Waals surface area contributed by atoms with E-state index in [0.717, 1.165) is 67.8 Å². The third-order valence-corrected chi connectivity index (χ3v) is 18.3. The number of methoxy groups -OCH3 is 1. The minimum absolute atomic E-state index is 0.103. The number of benzene rings is 3. The Morgan fingerprint density at radius 2 is 1.03 bits per heavy atom. The van der Waals surface area contributed by atoms with Crippen molar-refractivity contribution < 1.29 is 33.2 Å². The van der Waals surface area contributed by atoms with Crippen LogP contribution >= 0.6 is 0 Å². The predicted molar refractivity (Wildman–Crippen MR) is 332 cm³/mol. The number of hydrogen-bond acceptors (Lipinski definition) is 7. The van der Waals surface area contributed by atoms with Crippen LogP contribution in [0.25, 0.3) is 0 Å². The molecule has 0 radical (unpaired) electrons. The van der Waals surface area contributed by atoms with Crippen LogP contribution in [-0.2, 0) is 18.9 Å². The monoisotopic (exact) mass is 1090 g/mol. The third kappa shape index (κ3) is 25.1. The highest BCUT2D eigenvalue weighted by Crippen LogP contribution is 2.52. The molecular weight excluding hydrogens is 977 g/mol. The van der Waals surface area contributed by atoms with Gasteiger partial charge in [0.05, 0.1) is 25.4 Å². The van der Waals surface area contributed by atoms with E-state index in [1.807, 2.05) is 0 Å². The molecule has 0 aliphatic heterocycles. The zero-order chi connectivity index (χ0) is 57.1. The summed E-state index contributed by atoms with van der Waals surface area (Å²) in [6.07, 6.45) is 32.4. The van der Waals surface area contributed by atoms with Gasteiger partial charge >= 0.3 is 0 Å². The molecule has 0 heterocycles. The highest BCUT2D eigenvalue weighted by molar-refractivity contribution is 5.31. The molecular formula is C72H118O7. The lowest BCUT2D eigenvalue weighted by atomic mass is 9.61. The molecule has 0 saturated heterocycles. The third-order valence-electron chi connectivity index (χ3n) is 18.3. The first kappa shape index (κ1) is 66.7. The Kier molecular flexibility index (Phi) is 29.7. The van der Waals surface area contributed by atoms with Crippen molar-refractivity contribution in [3.63, 3.8) is 0 Å². The molecule has 7 heteroatoms.